The molecule has 1 aromatic carbocycles. The summed E-state index contributed by atoms with van der Waals surface area (Å²) in [5.74, 6) is 0.691. The number of ether oxygens (including phenoxy) is 3. The van der Waals surface area contributed by atoms with Crippen molar-refractivity contribution in [2.45, 2.75) is 17.5 Å². The summed E-state index contributed by atoms with van der Waals surface area (Å²) in [5, 5.41) is 0.0818. The van der Waals surface area contributed by atoms with Crippen molar-refractivity contribution >= 4 is 21.8 Å². The minimum absolute atomic E-state index is 0.0359. The number of fused-ring (bicyclic) bond motifs is 1. The largest absolute Gasteiger partial charge is 0.493 e. The molecule has 10 heteroatoms. The molecule has 28 heavy (non-hydrogen) atoms. The SMILES string of the molecule is C#Cn1c(S(=O)Cc2nccc(OC)c2OC)nc2ccc(OC(F)F)cc21. The highest BCUT2D eigenvalue weighted by molar-refractivity contribution is 7.84. The van der Waals surface area contributed by atoms with Crippen LogP contribution in [-0.2, 0) is 16.6 Å². The van der Waals surface area contributed by atoms with Gasteiger partial charge in [0, 0.05) is 24.4 Å². The van der Waals surface area contributed by atoms with E-state index in [-0.39, 0.29) is 16.7 Å². The Balaban J connectivity index is 2.00. The Bertz CT molecular complexity index is 1080. The highest BCUT2D eigenvalue weighted by Crippen LogP contribution is 2.31. The number of hydrogen-bond acceptors (Lipinski definition) is 6. The average Bonchev–Trinajstić information content (AvgIpc) is 3.05. The molecule has 0 N–H and O–H groups in total. The molecule has 0 fully saturated rings. The van der Waals surface area contributed by atoms with Crippen molar-refractivity contribution in [3.8, 4) is 29.7 Å². The van der Waals surface area contributed by atoms with Gasteiger partial charge in [0.2, 0.25) is 5.16 Å². The summed E-state index contributed by atoms with van der Waals surface area (Å²) >= 11 is 0. The molecule has 0 aliphatic heterocycles. The molecule has 0 saturated carbocycles. The van der Waals surface area contributed by atoms with E-state index >= 15 is 0 Å². The smallest absolute Gasteiger partial charge is 0.387 e. The van der Waals surface area contributed by atoms with Gasteiger partial charge in [-0.25, -0.2) is 9.55 Å². The van der Waals surface area contributed by atoms with Crippen molar-refractivity contribution in [2.24, 2.45) is 0 Å². The van der Waals surface area contributed by atoms with Crippen molar-refractivity contribution in [3.63, 3.8) is 0 Å². The maximum atomic E-state index is 12.9. The minimum atomic E-state index is -2.97. The van der Waals surface area contributed by atoms with E-state index in [0.29, 0.717) is 28.2 Å². The fourth-order valence-corrected chi connectivity index (χ4v) is 3.77. The van der Waals surface area contributed by atoms with E-state index in [0.717, 1.165) is 0 Å². The van der Waals surface area contributed by atoms with Crippen LogP contribution in [0.2, 0.25) is 0 Å². The van der Waals surface area contributed by atoms with E-state index in [4.69, 9.17) is 15.9 Å². The van der Waals surface area contributed by atoms with E-state index in [1.54, 1.807) is 6.07 Å². The Kier molecular flexibility index (Phi) is 5.75. The maximum Gasteiger partial charge on any atom is 0.387 e. The van der Waals surface area contributed by atoms with Crippen LogP contribution in [0.15, 0.2) is 35.6 Å². The molecule has 0 aliphatic carbocycles. The van der Waals surface area contributed by atoms with Gasteiger partial charge < -0.3 is 14.2 Å². The van der Waals surface area contributed by atoms with E-state index in [1.807, 2.05) is 0 Å². The number of methoxy groups -OCH3 is 2. The van der Waals surface area contributed by atoms with E-state index < -0.39 is 17.4 Å². The Morgan fingerprint density at radius 1 is 1.29 bits per heavy atom. The first-order valence-electron chi connectivity index (χ1n) is 7.86. The van der Waals surface area contributed by atoms with Gasteiger partial charge in [-0.3, -0.25) is 9.19 Å². The number of nitrogens with zero attached hydrogens (tertiary/aromatic N) is 3. The normalized spacial score (nSPS) is 12.0. The summed E-state index contributed by atoms with van der Waals surface area (Å²) in [6.07, 6.45) is 7.04. The number of alkyl halides is 2. The van der Waals surface area contributed by atoms with Crippen LogP contribution in [0.5, 0.6) is 17.2 Å². The number of benzene rings is 1. The summed E-state index contributed by atoms with van der Waals surface area (Å²) in [5.41, 5.74) is 1.13. The standard InChI is InChI=1S/C18H15F2N3O4S/c1-4-23-14-9-11(27-17(19)20)5-6-12(14)22-18(23)28(24)10-13-16(26-3)15(25-2)7-8-21-13/h1,5-9,17H,10H2,2-3H3. The van der Waals surface area contributed by atoms with E-state index in [1.165, 1.54) is 43.2 Å². The molecule has 1 atom stereocenters. The highest BCUT2D eigenvalue weighted by atomic mass is 32.2. The van der Waals surface area contributed by atoms with Crippen molar-refractivity contribution in [2.75, 3.05) is 14.2 Å². The average molecular weight is 407 g/mol. The molecular formula is C18H15F2N3O4S. The molecule has 0 amide bonds. The number of aromatic nitrogens is 3. The lowest BCUT2D eigenvalue weighted by Gasteiger charge is -2.11. The third kappa shape index (κ3) is 3.75. The molecule has 1 unspecified atom stereocenters. The zero-order valence-corrected chi connectivity index (χ0v) is 15.7. The Morgan fingerprint density at radius 2 is 2.07 bits per heavy atom. The van der Waals surface area contributed by atoms with Crippen molar-refractivity contribution in [1.29, 1.82) is 0 Å². The molecule has 0 spiro atoms. The van der Waals surface area contributed by atoms with Crippen LogP contribution >= 0.6 is 0 Å². The molecule has 0 bridgehead atoms. The molecular weight excluding hydrogens is 392 g/mol. The molecule has 0 radical (unpaired) electrons. The highest BCUT2D eigenvalue weighted by Gasteiger charge is 2.21. The van der Waals surface area contributed by atoms with Crippen LogP contribution in [0.1, 0.15) is 5.69 Å². The predicted octanol–water partition coefficient (Wildman–Crippen LogP) is 2.80. The van der Waals surface area contributed by atoms with Gasteiger partial charge in [0.1, 0.15) is 5.75 Å². The fraction of sp³-hybridized carbons (Fsp3) is 0.222. The van der Waals surface area contributed by atoms with Crippen LogP contribution < -0.4 is 14.2 Å². The van der Waals surface area contributed by atoms with Crippen LogP contribution in [0.3, 0.4) is 0 Å². The summed E-state index contributed by atoms with van der Waals surface area (Å²) in [7, 11) is 1.24. The lowest BCUT2D eigenvalue weighted by molar-refractivity contribution is -0.0497. The zero-order chi connectivity index (χ0) is 20.3. The van der Waals surface area contributed by atoms with Gasteiger partial charge in [-0.1, -0.05) is 6.42 Å². The van der Waals surface area contributed by atoms with Gasteiger partial charge >= 0.3 is 6.61 Å². The topological polar surface area (TPSA) is 75.5 Å². The lowest BCUT2D eigenvalue weighted by atomic mass is 10.3. The maximum absolute atomic E-state index is 12.9. The second-order valence-electron chi connectivity index (χ2n) is 5.37. The first-order chi connectivity index (χ1) is 13.5. The zero-order valence-electron chi connectivity index (χ0n) is 14.9. The third-order valence-corrected chi connectivity index (χ3v) is 5.00. The minimum Gasteiger partial charge on any atom is -0.493 e. The van der Waals surface area contributed by atoms with Crippen LogP contribution in [-0.4, -0.2) is 39.6 Å². The van der Waals surface area contributed by atoms with Crippen molar-refractivity contribution in [3.05, 3.63) is 36.2 Å². The van der Waals surface area contributed by atoms with Crippen molar-refractivity contribution in [1.82, 2.24) is 14.5 Å². The first kappa shape index (κ1) is 19.6. The van der Waals surface area contributed by atoms with Crippen LogP contribution in [0.4, 0.5) is 8.78 Å². The molecule has 146 valence electrons. The predicted molar refractivity (Wildman–Crippen MR) is 98.0 cm³/mol. The van der Waals surface area contributed by atoms with E-state index in [9.17, 15) is 13.0 Å². The lowest BCUT2D eigenvalue weighted by Crippen LogP contribution is -2.07. The summed E-state index contributed by atoms with van der Waals surface area (Å²) < 4.78 is 54.0. The molecule has 3 aromatic rings. The second-order valence-corrected chi connectivity index (χ2v) is 6.72. The van der Waals surface area contributed by atoms with Crippen LogP contribution in [0, 0.1) is 12.5 Å². The van der Waals surface area contributed by atoms with Crippen molar-refractivity contribution < 1.29 is 27.2 Å². The summed E-state index contributed by atoms with van der Waals surface area (Å²) in [6.45, 7) is -2.97. The van der Waals surface area contributed by atoms with E-state index in [2.05, 4.69) is 20.7 Å². The quantitative estimate of drug-likeness (QED) is 0.561. The van der Waals surface area contributed by atoms with Gasteiger partial charge in [0.15, 0.2) is 11.5 Å². The molecule has 3 rings (SSSR count). The number of imidazole rings is 1. The Hall–Kier alpha value is -3.19. The number of terminal acetylenes is 1. The second kappa shape index (κ2) is 8.22. The third-order valence-electron chi connectivity index (χ3n) is 3.79. The van der Waals surface area contributed by atoms with Gasteiger partial charge in [-0.2, -0.15) is 8.78 Å². The molecule has 2 aromatic heterocycles. The summed E-state index contributed by atoms with van der Waals surface area (Å²) in [6, 6.07) is 8.09. The summed E-state index contributed by atoms with van der Waals surface area (Å²) in [4.78, 5) is 8.47. The molecule has 7 nitrogen and oxygen atoms in total. The van der Waals surface area contributed by atoms with Gasteiger partial charge in [0.05, 0.1) is 47.5 Å². The number of hydrogen-bond donors (Lipinski definition) is 0. The van der Waals surface area contributed by atoms with Gasteiger partial charge in [-0.15, -0.1) is 0 Å². The number of halogens is 2. The monoisotopic (exact) mass is 407 g/mol. The van der Waals surface area contributed by atoms with Crippen LogP contribution in [0.25, 0.3) is 11.0 Å². The van der Waals surface area contributed by atoms with Gasteiger partial charge in [-0.05, 0) is 12.1 Å². The molecule has 0 aliphatic rings. The molecule has 2 heterocycles. The Labute approximate surface area is 161 Å². The first-order valence-corrected chi connectivity index (χ1v) is 9.18. The number of pyridine rings is 1. The Morgan fingerprint density at radius 3 is 2.71 bits per heavy atom. The number of rotatable bonds is 7. The molecule has 0 saturated heterocycles. The fourth-order valence-electron chi connectivity index (χ4n) is 2.63. The van der Waals surface area contributed by atoms with Gasteiger partial charge in [0.25, 0.3) is 0 Å².